The average Bonchev–Trinajstić information content (AvgIpc) is 3.47. The second-order valence-electron chi connectivity index (χ2n) is 24.5. The van der Waals surface area contributed by atoms with Crippen LogP contribution >= 0.6 is 0 Å². The van der Waals surface area contributed by atoms with E-state index >= 15 is 0 Å². The molecule has 0 rings (SSSR count). The maximum absolute atomic E-state index is 13.0. The third-order valence-corrected chi connectivity index (χ3v) is 16.3. The molecule has 474 valence electrons. The van der Waals surface area contributed by atoms with E-state index in [0.717, 1.165) is 70.6 Å². The lowest BCUT2D eigenvalue weighted by Crippen LogP contribution is -2.30. The molecule has 0 aliphatic heterocycles. The molecule has 1 atom stereocenters. The number of ether oxygens (including phenoxy) is 3. The molecule has 0 aromatic carbocycles. The third kappa shape index (κ3) is 68.0. The molecule has 0 aliphatic carbocycles. The van der Waals surface area contributed by atoms with Gasteiger partial charge >= 0.3 is 17.9 Å². The number of esters is 3. The van der Waals surface area contributed by atoms with Crippen molar-refractivity contribution in [3.8, 4) is 0 Å². The van der Waals surface area contributed by atoms with Crippen LogP contribution in [0.15, 0.2) is 48.6 Å². The summed E-state index contributed by atoms with van der Waals surface area (Å²) >= 11 is 0. The monoisotopic (exact) mass is 1140 g/mol. The maximum atomic E-state index is 13.0. The standard InChI is InChI=1S/C75H138O6/c1-4-7-10-13-16-19-22-25-28-30-32-33-34-35-36-37-38-39-40-41-43-44-47-50-53-56-59-62-65-68-74(77)80-71-72(70-79-73(76)67-64-61-58-55-52-49-46-27-24-21-18-15-12-9-6-3)81-75(78)69-66-63-60-57-54-51-48-45-42-31-29-26-23-20-17-14-11-8-5-2/h17,20,22,25-26,29-30,32,72H,4-16,18-19,21,23-24,27-28,31,33-71H2,1-3H3/b20-17-,25-22-,29-26-,32-30-. The molecule has 0 heterocycles. The Morgan fingerprint density at radius 3 is 0.704 bits per heavy atom. The molecule has 6 heteroatoms. The highest BCUT2D eigenvalue weighted by Crippen LogP contribution is 2.18. The Balaban J connectivity index is 4.22. The summed E-state index contributed by atoms with van der Waals surface area (Å²) in [5.41, 5.74) is 0. The summed E-state index contributed by atoms with van der Waals surface area (Å²) in [5, 5.41) is 0. The molecule has 0 spiro atoms. The molecule has 0 radical (unpaired) electrons. The minimum atomic E-state index is -0.774. The second kappa shape index (κ2) is 69.9. The second-order valence-corrected chi connectivity index (χ2v) is 24.5. The van der Waals surface area contributed by atoms with E-state index < -0.39 is 6.10 Å². The van der Waals surface area contributed by atoms with E-state index in [1.165, 1.54) is 283 Å². The van der Waals surface area contributed by atoms with Crippen LogP contribution in [0.5, 0.6) is 0 Å². The summed E-state index contributed by atoms with van der Waals surface area (Å²) in [7, 11) is 0. The van der Waals surface area contributed by atoms with Crippen LogP contribution in [0.3, 0.4) is 0 Å². The molecule has 0 saturated carbocycles. The summed E-state index contributed by atoms with van der Waals surface area (Å²) in [6.07, 6.45) is 88.5. The van der Waals surface area contributed by atoms with Gasteiger partial charge in [-0.25, -0.2) is 0 Å². The van der Waals surface area contributed by atoms with Gasteiger partial charge in [0.05, 0.1) is 0 Å². The normalized spacial score (nSPS) is 12.3. The predicted octanol–water partition coefficient (Wildman–Crippen LogP) is 24.9. The molecule has 0 bridgehead atoms. The quantitative estimate of drug-likeness (QED) is 0.0261. The van der Waals surface area contributed by atoms with Gasteiger partial charge in [-0.05, 0) is 83.5 Å². The van der Waals surface area contributed by atoms with Gasteiger partial charge in [0, 0.05) is 19.3 Å². The lowest BCUT2D eigenvalue weighted by molar-refractivity contribution is -0.167. The van der Waals surface area contributed by atoms with Crippen LogP contribution in [0.2, 0.25) is 0 Å². The first-order valence-electron chi connectivity index (χ1n) is 36.1. The first-order chi connectivity index (χ1) is 40.0. The van der Waals surface area contributed by atoms with Crippen molar-refractivity contribution in [1.82, 2.24) is 0 Å². The van der Waals surface area contributed by atoms with Gasteiger partial charge in [0.2, 0.25) is 0 Å². The molecular weight excluding hydrogens is 997 g/mol. The molecule has 0 amide bonds. The zero-order valence-corrected chi connectivity index (χ0v) is 54.6. The van der Waals surface area contributed by atoms with Gasteiger partial charge in [0.15, 0.2) is 6.10 Å². The van der Waals surface area contributed by atoms with Crippen LogP contribution < -0.4 is 0 Å². The smallest absolute Gasteiger partial charge is 0.306 e. The molecule has 6 nitrogen and oxygen atoms in total. The third-order valence-electron chi connectivity index (χ3n) is 16.3. The van der Waals surface area contributed by atoms with Gasteiger partial charge in [0.25, 0.3) is 0 Å². The Labute approximate surface area is 505 Å². The van der Waals surface area contributed by atoms with Crippen LogP contribution in [0, 0.1) is 0 Å². The highest BCUT2D eigenvalue weighted by atomic mass is 16.6. The summed E-state index contributed by atoms with van der Waals surface area (Å²) in [6.45, 7) is 6.67. The van der Waals surface area contributed by atoms with Crippen LogP contribution in [-0.2, 0) is 28.6 Å². The molecule has 81 heavy (non-hydrogen) atoms. The van der Waals surface area contributed by atoms with Crippen LogP contribution in [0.1, 0.15) is 393 Å². The van der Waals surface area contributed by atoms with Gasteiger partial charge in [-0.1, -0.05) is 339 Å². The highest BCUT2D eigenvalue weighted by molar-refractivity contribution is 5.71. The van der Waals surface area contributed by atoms with Crippen molar-refractivity contribution in [2.75, 3.05) is 13.2 Å². The minimum absolute atomic E-state index is 0.0692. The van der Waals surface area contributed by atoms with Crippen molar-refractivity contribution >= 4 is 17.9 Å². The van der Waals surface area contributed by atoms with Gasteiger partial charge in [0.1, 0.15) is 13.2 Å². The largest absolute Gasteiger partial charge is 0.462 e. The summed E-state index contributed by atoms with van der Waals surface area (Å²) in [5.74, 6) is -0.845. The SMILES string of the molecule is CCCCC/C=C\C/C=C\CCCCCCCCCCCC(=O)OC(COC(=O)CCCCCCCCCCCCCCCCC)COC(=O)CCCCCCCCCCCCCCCCCCC/C=C\C/C=C\CCCCCCC. The highest BCUT2D eigenvalue weighted by Gasteiger charge is 2.19. The zero-order chi connectivity index (χ0) is 58.5. The molecule has 0 aromatic rings. The lowest BCUT2D eigenvalue weighted by atomic mass is 10.0. The zero-order valence-electron chi connectivity index (χ0n) is 54.6. The first kappa shape index (κ1) is 78.4. The Bertz CT molecular complexity index is 1400. The van der Waals surface area contributed by atoms with Crippen LogP contribution in [-0.4, -0.2) is 37.2 Å². The number of hydrogen-bond donors (Lipinski definition) is 0. The van der Waals surface area contributed by atoms with Crippen molar-refractivity contribution < 1.29 is 28.6 Å². The first-order valence-corrected chi connectivity index (χ1v) is 36.1. The summed E-state index contributed by atoms with van der Waals surface area (Å²) in [4.78, 5) is 38.5. The molecule has 0 N–H and O–H groups in total. The number of allylic oxidation sites excluding steroid dienone is 8. The number of hydrogen-bond acceptors (Lipinski definition) is 6. The van der Waals surface area contributed by atoms with E-state index in [1.54, 1.807) is 0 Å². The Morgan fingerprint density at radius 2 is 0.444 bits per heavy atom. The molecule has 0 aromatic heterocycles. The fourth-order valence-corrected chi connectivity index (χ4v) is 10.9. The van der Waals surface area contributed by atoms with Crippen LogP contribution in [0.4, 0.5) is 0 Å². The Hall–Kier alpha value is -2.63. The molecule has 1 unspecified atom stereocenters. The van der Waals surface area contributed by atoms with Crippen molar-refractivity contribution in [2.24, 2.45) is 0 Å². The molecule has 0 saturated heterocycles. The van der Waals surface area contributed by atoms with Gasteiger partial charge in [-0.3, -0.25) is 14.4 Å². The Kier molecular flexibility index (Phi) is 67.6. The van der Waals surface area contributed by atoms with Crippen LogP contribution in [0.25, 0.3) is 0 Å². The van der Waals surface area contributed by atoms with Crippen molar-refractivity contribution in [3.63, 3.8) is 0 Å². The fraction of sp³-hybridized carbons (Fsp3) is 0.853. The topological polar surface area (TPSA) is 78.9 Å². The summed E-state index contributed by atoms with van der Waals surface area (Å²) < 4.78 is 17.0. The van der Waals surface area contributed by atoms with Gasteiger partial charge < -0.3 is 14.2 Å². The molecular formula is C75H138O6. The Morgan fingerprint density at radius 1 is 0.247 bits per heavy atom. The number of unbranched alkanes of at least 4 members (excludes halogenated alkanes) is 48. The molecule has 0 fully saturated rings. The average molecular weight is 1140 g/mol. The van der Waals surface area contributed by atoms with E-state index in [9.17, 15) is 14.4 Å². The lowest BCUT2D eigenvalue weighted by Gasteiger charge is -2.18. The number of carbonyl (C=O) groups excluding carboxylic acids is 3. The van der Waals surface area contributed by atoms with E-state index in [0.29, 0.717) is 19.3 Å². The maximum Gasteiger partial charge on any atom is 0.306 e. The van der Waals surface area contributed by atoms with E-state index in [2.05, 4.69) is 69.4 Å². The summed E-state index contributed by atoms with van der Waals surface area (Å²) in [6, 6.07) is 0. The van der Waals surface area contributed by atoms with E-state index in [1.807, 2.05) is 0 Å². The number of carbonyl (C=O) groups is 3. The predicted molar refractivity (Wildman–Crippen MR) is 353 cm³/mol. The molecule has 0 aliphatic rings. The van der Waals surface area contributed by atoms with Crippen molar-refractivity contribution in [1.29, 1.82) is 0 Å². The van der Waals surface area contributed by atoms with E-state index in [4.69, 9.17) is 14.2 Å². The minimum Gasteiger partial charge on any atom is -0.462 e. The van der Waals surface area contributed by atoms with Crippen molar-refractivity contribution in [3.05, 3.63) is 48.6 Å². The van der Waals surface area contributed by atoms with Gasteiger partial charge in [-0.2, -0.15) is 0 Å². The van der Waals surface area contributed by atoms with E-state index in [-0.39, 0.29) is 31.1 Å². The fourth-order valence-electron chi connectivity index (χ4n) is 10.9. The van der Waals surface area contributed by atoms with Gasteiger partial charge in [-0.15, -0.1) is 0 Å². The number of rotatable bonds is 67. The van der Waals surface area contributed by atoms with Crippen molar-refractivity contribution in [2.45, 2.75) is 399 Å².